The first-order valence-electron chi connectivity index (χ1n) is 5.69. The molecule has 4 heteroatoms. The second-order valence-corrected chi connectivity index (χ2v) is 4.80. The quantitative estimate of drug-likeness (QED) is 0.730. The Balaban J connectivity index is 2.33. The summed E-state index contributed by atoms with van der Waals surface area (Å²) >= 11 is 0. The molecule has 1 unspecified atom stereocenters. The van der Waals surface area contributed by atoms with E-state index in [1.807, 2.05) is 7.05 Å². The van der Waals surface area contributed by atoms with E-state index in [1.165, 1.54) is 25.7 Å². The number of likely N-dealkylation sites (N-methyl/N-ethyl adjacent to an activating group) is 1. The Hall–Kier alpha value is -0.610. The van der Waals surface area contributed by atoms with Crippen LogP contribution >= 0.6 is 0 Å². The summed E-state index contributed by atoms with van der Waals surface area (Å²) in [5.41, 5.74) is 5.51. The van der Waals surface area contributed by atoms with Crippen molar-refractivity contribution in [2.24, 2.45) is 11.7 Å². The number of carboxylic acids is 1. The van der Waals surface area contributed by atoms with Crippen molar-refractivity contribution in [3.63, 3.8) is 0 Å². The van der Waals surface area contributed by atoms with Crippen molar-refractivity contribution in [1.29, 1.82) is 0 Å². The minimum Gasteiger partial charge on any atom is -0.480 e. The van der Waals surface area contributed by atoms with E-state index in [0.29, 0.717) is 12.6 Å². The van der Waals surface area contributed by atoms with Gasteiger partial charge in [0.2, 0.25) is 0 Å². The Morgan fingerprint density at radius 1 is 1.47 bits per heavy atom. The van der Waals surface area contributed by atoms with Gasteiger partial charge in [-0.05, 0) is 38.6 Å². The van der Waals surface area contributed by atoms with Gasteiger partial charge in [-0.3, -0.25) is 4.79 Å². The first-order valence-corrected chi connectivity index (χ1v) is 5.69. The van der Waals surface area contributed by atoms with E-state index >= 15 is 0 Å². The van der Waals surface area contributed by atoms with Gasteiger partial charge in [0, 0.05) is 12.6 Å². The molecule has 1 rings (SSSR count). The largest absolute Gasteiger partial charge is 0.480 e. The summed E-state index contributed by atoms with van der Waals surface area (Å²) < 4.78 is 0. The first kappa shape index (κ1) is 12.5. The Morgan fingerprint density at radius 2 is 2.00 bits per heavy atom. The van der Waals surface area contributed by atoms with Crippen LogP contribution < -0.4 is 5.73 Å². The zero-order valence-electron chi connectivity index (χ0n) is 9.65. The van der Waals surface area contributed by atoms with E-state index in [4.69, 9.17) is 10.8 Å². The summed E-state index contributed by atoms with van der Waals surface area (Å²) in [6, 6.07) is -0.235. The highest BCUT2D eigenvalue weighted by Crippen LogP contribution is 2.26. The molecule has 0 heterocycles. The normalized spacial score (nSPS) is 29.1. The van der Waals surface area contributed by atoms with Gasteiger partial charge in [-0.2, -0.15) is 0 Å². The maximum Gasteiger partial charge on any atom is 0.321 e. The lowest BCUT2D eigenvalue weighted by molar-refractivity contribution is -0.139. The van der Waals surface area contributed by atoms with Crippen LogP contribution in [0.1, 0.15) is 32.6 Å². The van der Waals surface area contributed by atoms with E-state index < -0.39 is 12.0 Å². The number of aliphatic carboxylic acids is 1. The van der Waals surface area contributed by atoms with Crippen LogP contribution in [0.25, 0.3) is 0 Å². The van der Waals surface area contributed by atoms with Gasteiger partial charge in [-0.1, -0.05) is 6.92 Å². The lowest BCUT2D eigenvalue weighted by Crippen LogP contribution is -2.45. The fraction of sp³-hybridized carbons (Fsp3) is 0.909. The Labute approximate surface area is 91.4 Å². The second-order valence-electron chi connectivity index (χ2n) is 4.80. The van der Waals surface area contributed by atoms with Crippen molar-refractivity contribution in [2.45, 2.75) is 44.7 Å². The minimum absolute atomic E-state index is 0.453. The predicted octanol–water partition coefficient (Wildman–Crippen LogP) is 0.909. The fourth-order valence-electron chi connectivity index (χ4n) is 2.22. The van der Waals surface area contributed by atoms with E-state index in [2.05, 4.69) is 11.8 Å². The van der Waals surface area contributed by atoms with Gasteiger partial charge in [0.05, 0.1) is 0 Å². The lowest BCUT2D eigenvalue weighted by atomic mass is 9.86. The van der Waals surface area contributed by atoms with Gasteiger partial charge in [0.15, 0.2) is 0 Å². The van der Waals surface area contributed by atoms with Crippen molar-refractivity contribution >= 4 is 5.97 Å². The number of hydrogen-bond donors (Lipinski definition) is 2. The van der Waals surface area contributed by atoms with Crippen LogP contribution in [-0.2, 0) is 4.79 Å². The Bertz CT molecular complexity index is 213. The summed E-state index contributed by atoms with van der Waals surface area (Å²) in [6.07, 6.45) is 4.84. The fourth-order valence-corrected chi connectivity index (χ4v) is 2.22. The summed E-state index contributed by atoms with van der Waals surface area (Å²) in [5.74, 6) is -0.0891. The molecular formula is C11H22N2O2. The molecule has 0 bridgehead atoms. The molecule has 0 spiro atoms. The molecule has 0 radical (unpaired) electrons. The maximum atomic E-state index is 10.6. The number of hydrogen-bond acceptors (Lipinski definition) is 3. The average molecular weight is 214 g/mol. The Kier molecular flexibility index (Phi) is 4.54. The van der Waals surface area contributed by atoms with E-state index in [0.717, 1.165) is 5.92 Å². The number of carbonyl (C=O) groups is 1. The predicted molar refractivity (Wildman–Crippen MR) is 59.7 cm³/mol. The molecule has 1 atom stereocenters. The molecule has 88 valence electrons. The lowest BCUT2D eigenvalue weighted by Gasteiger charge is -2.34. The molecule has 1 aliphatic rings. The maximum absolute atomic E-state index is 10.6. The Morgan fingerprint density at radius 3 is 2.47 bits per heavy atom. The van der Waals surface area contributed by atoms with E-state index in [1.54, 1.807) is 0 Å². The zero-order chi connectivity index (χ0) is 11.4. The number of nitrogens with two attached hydrogens (primary N) is 1. The summed E-state index contributed by atoms with van der Waals surface area (Å²) in [6.45, 7) is 2.73. The van der Waals surface area contributed by atoms with Crippen LogP contribution in [0.3, 0.4) is 0 Å². The molecule has 1 fully saturated rings. The molecular weight excluding hydrogens is 192 g/mol. The molecule has 15 heavy (non-hydrogen) atoms. The van der Waals surface area contributed by atoms with E-state index in [9.17, 15) is 4.79 Å². The van der Waals surface area contributed by atoms with Crippen LogP contribution in [-0.4, -0.2) is 41.7 Å². The van der Waals surface area contributed by atoms with Crippen molar-refractivity contribution in [3.8, 4) is 0 Å². The summed E-state index contributed by atoms with van der Waals surface area (Å²) in [5, 5.41) is 8.72. The SMILES string of the molecule is CC1CCC(N(C)CC(N)C(=O)O)CC1. The zero-order valence-corrected chi connectivity index (χ0v) is 9.65. The van der Waals surface area contributed by atoms with Crippen LogP contribution in [0.4, 0.5) is 0 Å². The molecule has 0 amide bonds. The van der Waals surface area contributed by atoms with Crippen molar-refractivity contribution in [2.75, 3.05) is 13.6 Å². The highest BCUT2D eigenvalue weighted by Gasteiger charge is 2.24. The summed E-state index contributed by atoms with van der Waals surface area (Å²) in [4.78, 5) is 12.7. The van der Waals surface area contributed by atoms with Gasteiger partial charge < -0.3 is 15.7 Å². The monoisotopic (exact) mass is 214 g/mol. The van der Waals surface area contributed by atoms with Gasteiger partial charge in [0.25, 0.3) is 0 Å². The highest BCUT2D eigenvalue weighted by atomic mass is 16.4. The third-order valence-corrected chi connectivity index (χ3v) is 3.41. The minimum atomic E-state index is -0.911. The standard InChI is InChI=1S/C11H22N2O2/c1-8-3-5-9(6-4-8)13(2)7-10(12)11(14)15/h8-10H,3-7,12H2,1-2H3,(H,14,15). The molecule has 0 aromatic rings. The molecule has 0 aromatic carbocycles. The third-order valence-electron chi connectivity index (χ3n) is 3.41. The number of nitrogens with zero attached hydrogens (tertiary/aromatic N) is 1. The van der Waals surface area contributed by atoms with Gasteiger partial charge in [-0.15, -0.1) is 0 Å². The molecule has 1 saturated carbocycles. The van der Waals surface area contributed by atoms with Crippen LogP contribution in [0.2, 0.25) is 0 Å². The van der Waals surface area contributed by atoms with Crippen molar-refractivity contribution < 1.29 is 9.90 Å². The third kappa shape index (κ3) is 3.80. The van der Waals surface area contributed by atoms with Crippen LogP contribution in [0, 0.1) is 5.92 Å². The van der Waals surface area contributed by atoms with Gasteiger partial charge in [-0.25, -0.2) is 0 Å². The van der Waals surface area contributed by atoms with Crippen molar-refractivity contribution in [1.82, 2.24) is 4.90 Å². The second kappa shape index (κ2) is 5.47. The first-order chi connectivity index (χ1) is 7.00. The molecule has 1 aliphatic carbocycles. The molecule has 0 saturated heterocycles. The van der Waals surface area contributed by atoms with Gasteiger partial charge >= 0.3 is 5.97 Å². The summed E-state index contributed by atoms with van der Waals surface area (Å²) in [7, 11) is 1.98. The smallest absolute Gasteiger partial charge is 0.321 e. The van der Waals surface area contributed by atoms with Crippen LogP contribution in [0.5, 0.6) is 0 Å². The number of carboxylic acid groups (broad SMARTS) is 1. The van der Waals surface area contributed by atoms with Crippen LogP contribution in [0.15, 0.2) is 0 Å². The molecule has 0 aliphatic heterocycles. The topological polar surface area (TPSA) is 66.6 Å². The molecule has 0 aromatic heterocycles. The van der Waals surface area contributed by atoms with E-state index in [-0.39, 0.29) is 0 Å². The van der Waals surface area contributed by atoms with Gasteiger partial charge in [0.1, 0.15) is 6.04 Å². The molecule has 3 N–H and O–H groups in total. The van der Waals surface area contributed by atoms with Crippen molar-refractivity contribution in [3.05, 3.63) is 0 Å². The average Bonchev–Trinajstić information content (AvgIpc) is 2.18. The number of rotatable bonds is 4. The highest BCUT2D eigenvalue weighted by molar-refractivity contribution is 5.73. The molecule has 4 nitrogen and oxygen atoms in total.